The number of carbonyl (C=O) groups excluding carboxylic acids is 1. The molecule has 0 saturated heterocycles. The first kappa shape index (κ1) is 15.0. The fourth-order valence-corrected chi connectivity index (χ4v) is 2.34. The van der Waals surface area contributed by atoms with E-state index in [2.05, 4.69) is 17.2 Å². The molecule has 6 heteroatoms. The first-order valence-corrected chi connectivity index (χ1v) is 6.94. The average Bonchev–Trinajstić information content (AvgIpc) is 2.96. The Bertz CT molecular complexity index is 716. The van der Waals surface area contributed by atoms with Gasteiger partial charge in [-0.3, -0.25) is 4.79 Å². The van der Waals surface area contributed by atoms with Crippen LogP contribution in [0.3, 0.4) is 0 Å². The van der Waals surface area contributed by atoms with Crippen molar-refractivity contribution < 1.29 is 13.9 Å². The van der Waals surface area contributed by atoms with Gasteiger partial charge in [-0.15, -0.1) is 11.3 Å². The lowest BCUT2D eigenvalue weighted by Gasteiger charge is -2.07. The van der Waals surface area contributed by atoms with Crippen molar-refractivity contribution in [2.24, 2.45) is 5.73 Å². The normalized spacial score (nSPS) is 9.67. The Morgan fingerprint density at radius 2 is 2.29 bits per heavy atom. The summed E-state index contributed by atoms with van der Waals surface area (Å²) in [5.41, 5.74) is 5.78. The molecule has 0 atom stereocenters. The highest BCUT2D eigenvalue weighted by Gasteiger charge is 2.12. The van der Waals surface area contributed by atoms with Gasteiger partial charge < -0.3 is 15.8 Å². The Kier molecular flexibility index (Phi) is 4.93. The minimum atomic E-state index is -0.525. The van der Waals surface area contributed by atoms with E-state index in [0.29, 0.717) is 11.3 Å². The summed E-state index contributed by atoms with van der Waals surface area (Å²) in [6.07, 6.45) is 0. The van der Waals surface area contributed by atoms with Gasteiger partial charge in [-0.25, -0.2) is 4.39 Å². The number of ether oxygens (including phenoxy) is 1. The molecule has 3 N–H and O–H groups in total. The number of amides is 1. The molecule has 0 aliphatic carbocycles. The van der Waals surface area contributed by atoms with Gasteiger partial charge in [0.2, 0.25) is 0 Å². The molecule has 0 radical (unpaired) electrons. The second-order valence-electron chi connectivity index (χ2n) is 4.01. The zero-order chi connectivity index (χ0) is 15.2. The zero-order valence-electron chi connectivity index (χ0n) is 11.3. The van der Waals surface area contributed by atoms with Crippen molar-refractivity contribution in [1.29, 1.82) is 0 Å². The predicted molar refractivity (Wildman–Crippen MR) is 81.2 cm³/mol. The molecule has 2 aromatic rings. The van der Waals surface area contributed by atoms with Crippen molar-refractivity contribution in [3.05, 3.63) is 45.9 Å². The van der Waals surface area contributed by atoms with E-state index in [-0.39, 0.29) is 12.2 Å². The largest absolute Gasteiger partial charge is 0.497 e. The van der Waals surface area contributed by atoms with E-state index in [1.54, 1.807) is 11.4 Å². The Balaban J connectivity index is 2.16. The summed E-state index contributed by atoms with van der Waals surface area (Å²) in [6, 6.07) is 5.78. The predicted octanol–water partition coefficient (Wildman–Crippen LogP) is 2.46. The quantitative estimate of drug-likeness (QED) is 0.856. The van der Waals surface area contributed by atoms with Crippen LogP contribution in [0, 0.1) is 17.7 Å². The molecule has 0 aliphatic heterocycles. The highest BCUT2D eigenvalue weighted by Crippen LogP contribution is 2.22. The van der Waals surface area contributed by atoms with E-state index in [4.69, 9.17) is 10.5 Å². The van der Waals surface area contributed by atoms with Crippen molar-refractivity contribution in [3.8, 4) is 17.6 Å². The van der Waals surface area contributed by atoms with Crippen molar-refractivity contribution in [3.63, 3.8) is 0 Å². The number of rotatable bonds is 3. The van der Waals surface area contributed by atoms with Crippen molar-refractivity contribution in [2.45, 2.75) is 0 Å². The van der Waals surface area contributed by atoms with E-state index in [1.807, 2.05) is 0 Å². The van der Waals surface area contributed by atoms with Gasteiger partial charge in [-0.2, -0.15) is 0 Å². The number of hydrogen-bond donors (Lipinski definition) is 2. The van der Waals surface area contributed by atoms with Gasteiger partial charge in [0, 0.05) is 11.4 Å². The van der Waals surface area contributed by atoms with Gasteiger partial charge in [0.1, 0.15) is 11.6 Å². The van der Waals surface area contributed by atoms with E-state index < -0.39 is 11.7 Å². The molecule has 1 aromatic heterocycles. The number of anilines is 1. The average molecular weight is 304 g/mol. The SMILES string of the molecule is COc1ccc(F)c(NC(=O)c2csc(C#CCN)c2)c1. The number of benzene rings is 1. The summed E-state index contributed by atoms with van der Waals surface area (Å²) in [4.78, 5) is 12.8. The number of hydrogen-bond acceptors (Lipinski definition) is 4. The smallest absolute Gasteiger partial charge is 0.256 e. The molecule has 0 unspecified atom stereocenters. The number of nitrogens with two attached hydrogens (primary N) is 1. The molecule has 1 amide bonds. The molecule has 1 aromatic carbocycles. The Morgan fingerprint density at radius 1 is 1.48 bits per heavy atom. The van der Waals surface area contributed by atoms with E-state index >= 15 is 0 Å². The molecule has 21 heavy (non-hydrogen) atoms. The third-order valence-corrected chi connectivity index (χ3v) is 3.44. The minimum Gasteiger partial charge on any atom is -0.497 e. The first-order chi connectivity index (χ1) is 10.1. The van der Waals surface area contributed by atoms with Crippen LogP contribution in [0.15, 0.2) is 29.6 Å². The molecule has 0 bridgehead atoms. The molecule has 1 heterocycles. The minimum absolute atomic E-state index is 0.0696. The third-order valence-electron chi connectivity index (χ3n) is 2.60. The number of halogens is 1. The second kappa shape index (κ2) is 6.88. The Hall–Kier alpha value is -2.36. The molecule has 4 nitrogen and oxygen atoms in total. The van der Waals surface area contributed by atoms with Gasteiger partial charge in [0.05, 0.1) is 29.8 Å². The van der Waals surface area contributed by atoms with Gasteiger partial charge in [-0.05, 0) is 18.2 Å². The molecule has 0 fully saturated rings. The third kappa shape index (κ3) is 3.81. The van der Waals surface area contributed by atoms with Crippen LogP contribution >= 0.6 is 11.3 Å². The van der Waals surface area contributed by atoms with Crippen LogP contribution in [0.4, 0.5) is 10.1 Å². The zero-order valence-corrected chi connectivity index (χ0v) is 12.1. The Morgan fingerprint density at radius 3 is 3.00 bits per heavy atom. The fraction of sp³-hybridized carbons (Fsp3) is 0.133. The van der Waals surface area contributed by atoms with Crippen LogP contribution in [-0.2, 0) is 0 Å². The summed E-state index contributed by atoms with van der Waals surface area (Å²) in [5.74, 6) is 5.09. The molecule has 0 spiro atoms. The summed E-state index contributed by atoms with van der Waals surface area (Å²) >= 11 is 1.33. The topological polar surface area (TPSA) is 64.3 Å². The van der Waals surface area contributed by atoms with Crippen molar-refractivity contribution >= 4 is 22.9 Å². The summed E-state index contributed by atoms with van der Waals surface area (Å²) in [7, 11) is 1.47. The highest BCUT2D eigenvalue weighted by atomic mass is 32.1. The molecule has 0 saturated carbocycles. The van der Waals surface area contributed by atoms with Crippen molar-refractivity contribution in [1.82, 2.24) is 0 Å². The van der Waals surface area contributed by atoms with E-state index in [9.17, 15) is 9.18 Å². The van der Waals surface area contributed by atoms with Crippen LogP contribution in [0.5, 0.6) is 5.75 Å². The van der Waals surface area contributed by atoms with Gasteiger partial charge in [-0.1, -0.05) is 11.8 Å². The maximum absolute atomic E-state index is 13.6. The molecule has 0 aliphatic rings. The summed E-state index contributed by atoms with van der Waals surface area (Å²) < 4.78 is 18.6. The highest BCUT2D eigenvalue weighted by molar-refractivity contribution is 7.10. The lowest BCUT2D eigenvalue weighted by atomic mass is 10.2. The molecule has 108 valence electrons. The van der Waals surface area contributed by atoms with Crippen molar-refractivity contribution in [2.75, 3.05) is 19.0 Å². The van der Waals surface area contributed by atoms with Crippen LogP contribution in [0.2, 0.25) is 0 Å². The fourth-order valence-electron chi connectivity index (χ4n) is 1.58. The maximum Gasteiger partial charge on any atom is 0.256 e. The number of carbonyl (C=O) groups is 1. The van der Waals surface area contributed by atoms with Crippen LogP contribution in [-0.4, -0.2) is 19.6 Å². The molecular weight excluding hydrogens is 291 g/mol. The number of nitrogens with one attached hydrogen (secondary N) is 1. The second-order valence-corrected chi connectivity index (χ2v) is 4.92. The van der Waals surface area contributed by atoms with Crippen LogP contribution in [0.1, 0.15) is 15.2 Å². The lowest BCUT2D eigenvalue weighted by Crippen LogP contribution is -2.12. The van der Waals surface area contributed by atoms with Gasteiger partial charge in [0.15, 0.2) is 0 Å². The lowest BCUT2D eigenvalue weighted by molar-refractivity contribution is 0.102. The summed E-state index contributed by atoms with van der Waals surface area (Å²) in [6.45, 7) is 0.258. The number of thiophene rings is 1. The monoisotopic (exact) mass is 304 g/mol. The summed E-state index contributed by atoms with van der Waals surface area (Å²) in [5, 5.41) is 4.17. The van der Waals surface area contributed by atoms with Gasteiger partial charge >= 0.3 is 0 Å². The number of methoxy groups -OCH3 is 1. The standard InChI is InChI=1S/C15H13FN2O2S/c1-20-11-4-5-13(16)14(8-11)18-15(19)10-7-12(21-9-10)3-2-6-17/h4-5,7-9H,6,17H2,1H3,(H,18,19). The molecule has 2 rings (SSSR count). The first-order valence-electron chi connectivity index (χ1n) is 6.06. The van der Waals surface area contributed by atoms with Crippen LogP contribution < -0.4 is 15.8 Å². The van der Waals surface area contributed by atoms with Crippen LogP contribution in [0.25, 0.3) is 0 Å². The van der Waals surface area contributed by atoms with Gasteiger partial charge in [0.25, 0.3) is 5.91 Å². The molecular formula is C15H13FN2O2S. The van der Waals surface area contributed by atoms with E-state index in [0.717, 1.165) is 4.88 Å². The van der Waals surface area contributed by atoms with E-state index in [1.165, 1.54) is 36.6 Å². The maximum atomic E-state index is 13.6. The Labute approximate surface area is 125 Å².